The first-order valence-electron chi connectivity index (χ1n) is 6.55. The molecule has 0 radical (unpaired) electrons. The normalized spacial score (nSPS) is 17.4. The quantitative estimate of drug-likeness (QED) is 0.804. The van der Waals surface area contributed by atoms with Gasteiger partial charge in [0.25, 0.3) is 0 Å². The molecule has 0 aliphatic carbocycles. The molecule has 0 atom stereocenters. The third-order valence-electron chi connectivity index (χ3n) is 3.47. The van der Waals surface area contributed by atoms with Crippen molar-refractivity contribution in [2.24, 2.45) is 5.92 Å². The van der Waals surface area contributed by atoms with Crippen LogP contribution >= 0.6 is 51.3 Å². The lowest BCUT2D eigenvalue weighted by atomic mass is 9.97. The summed E-state index contributed by atoms with van der Waals surface area (Å²) in [6.45, 7) is 7.91. The minimum absolute atomic E-state index is 0. The van der Waals surface area contributed by atoms with Crippen LogP contribution in [-0.2, 0) is 6.54 Å². The molecule has 0 amide bonds. The SMILES string of the molecule is CCNCC1CCN(Cc2cc(Br)c(Cl)s2)CC1.Cl. The van der Waals surface area contributed by atoms with Crippen molar-refractivity contribution in [1.29, 1.82) is 0 Å². The first kappa shape index (κ1) is 17.7. The third-order valence-corrected chi connectivity index (χ3v) is 5.93. The van der Waals surface area contributed by atoms with E-state index in [1.165, 1.54) is 37.4 Å². The highest BCUT2D eigenvalue weighted by atomic mass is 79.9. The summed E-state index contributed by atoms with van der Waals surface area (Å²) in [4.78, 5) is 3.90. The van der Waals surface area contributed by atoms with E-state index in [-0.39, 0.29) is 12.4 Å². The van der Waals surface area contributed by atoms with Crippen molar-refractivity contribution in [3.63, 3.8) is 0 Å². The Hall–Kier alpha value is 0.680. The Morgan fingerprint density at radius 2 is 2.16 bits per heavy atom. The van der Waals surface area contributed by atoms with E-state index in [0.29, 0.717) is 0 Å². The standard InChI is InChI=1S/C13H20BrClN2S.ClH/c1-2-16-8-10-3-5-17(6-4-10)9-11-7-12(14)13(15)18-11;/h7,10,16H,2-6,8-9H2,1H3;1H. The number of nitrogens with one attached hydrogen (secondary N) is 1. The molecule has 0 bridgehead atoms. The van der Waals surface area contributed by atoms with Crippen LogP contribution in [0, 0.1) is 5.92 Å². The number of nitrogens with zero attached hydrogens (tertiary/aromatic N) is 1. The molecule has 2 rings (SSSR count). The van der Waals surface area contributed by atoms with Gasteiger partial charge in [-0.05, 0) is 66.9 Å². The van der Waals surface area contributed by atoms with E-state index in [1.54, 1.807) is 11.3 Å². The molecule has 2 heterocycles. The topological polar surface area (TPSA) is 15.3 Å². The minimum Gasteiger partial charge on any atom is -0.317 e. The molecular weight excluding hydrogens is 367 g/mol. The molecule has 0 spiro atoms. The van der Waals surface area contributed by atoms with Crippen LogP contribution in [0.3, 0.4) is 0 Å². The van der Waals surface area contributed by atoms with Crippen molar-refractivity contribution in [3.8, 4) is 0 Å². The number of thiophene rings is 1. The molecule has 1 aromatic heterocycles. The minimum atomic E-state index is 0. The van der Waals surface area contributed by atoms with E-state index in [4.69, 9.17) is 11.6 Å². The Kier molecular flexibility index (Phi) is 8.26. The Labute approximate surface area is 139 Å². The predicted molar refractivity (Wildman–Crippen MR) is 90.8 cm³/mol. The summed E-state index contributed by atoms with van der Waals surface area (Å²) in [5, 5.41) is 3.45. The fourth-order valence-electron chi connectivity index (χ4n) is 2.39. The molecule has 1 aromatic rings. The van der Waals surface area contributed by atoms with Crippen LogP contribution in [0.15, 0.2) is 10.5 Å². The zero-order valence-corrected chi connectivity index (χ0v) is 15.1. The predicted octanol–water partition coefficient (Wildman–Crippen LogP) is 4.41. The highest BCUT2D eigenvalue weighted by Gasteiger charge is 2.19. The van der Waals surface area contributed by atoms with Gasteiger partial charge in [-0.25, -0.2) is 0 Å². The van der Waals surface area contributed by atoms with Crippen molar-refractivity contribution in [3.05, 3.63) is 19.8 Å². The van der Waals surface area contributed by atoms with E-state index < -0.39 is 0 Å². The lowest BCUT2D eigenvalue weighted by molar-refractivity contribution is 0.177. The summed E-state index contributed by atoms with van der Waals surface area (Å²) in [5.41, 5.74) is 0. The van der Waals surface area contributed by atoms with Crippen molar-refractivity contribution < 1.29 is 0 Å². The Balaban J connectivity index is 0.00000180. The number of hydrogen-bond acceptors (Lipinski definition) is 3. The molecule has 0 saturated carbocycles. The van der Waals surface area contributed by atoms with Gasteiger partial charge in [0.1, 0.15) is 4.34 Å². The average molecular weight is 388 g/mol. The van der Waals surface area contributed by atoms with Gasteiger partial charge in [0.2, 0.25) is 0 Å². The van der Waals surface area contributed by atoms with Gasteiger partial charge in [-0.3, -0.25) is 4.90 Å². The summed E-state index contributed by atoms with van der Waals surface area (Å²) >= 11 is 11.2. The monoisotopic (exact) mass is 386 g/mol. The van der Waals surface area contributed by atoms with E-state index >= 15 is 0 Å². The molecule has 1 aliphatic heterocycles. The second kappa shape index (κ2) is 8.85. The van der Waals surface area contributed by atoms with E-state index in [0.717, 1.165) is 27.8 Å². The van der Waals surface area contributed by atoms with E-state index in [2.05, 4.69) is 39.1 Å². The highest BCUT2D eigenvalue weighted by Crippen LogP contribution is 2.33. The summed E-state index contributed by atoms with van der Waals surface area (Å²) in [7, 11) is 0. The van der Waals surface area contributed by atoms with Crippen molar-refractivity contribution in [2.75, 3.05) is 26.2 Å². The maximum atomic E-state index is 6.07. The Morgan fingerprint density at radius 3 is 2.68 bits per heavy atom. The molecule has 0 unspecified atom stereocenters. The molecule has 0 aromatic carbocycles. The van der Waals surface area contributed by atoms with Crippen molar-refractivity contribution in [1.82, 2.24) is 10.2 Å². The summed E-state index contributed by atoms with van der Waals surface area (Å²) in [5.74, 6) is 0.861. The number of piperidine rings is 1. The second-order valence-corrected chi connectivity index (χ2v) is 7.45. The molecule has 1 saturated heterocycles. The third kappa shape index (κ3) is 5.52. The van der Waals surface area contributed by atoms with Crippen LogP contribution in [0.25, 0.3) is 0 Å². The molecular formula is C13H21BrCl2N2S. The van der Waals surface area contributed by atoms with E-state index in [1.807, 2.05) is 0 Å². The number of hydrogen-bond donors (Lipinski definition) is 1. The fourth-order valence-corrected chi connectivity index (χ4v) is 4.22. The summed E-state index contributed by atoms with van der Waals surface area (Å²) in [6, 6.07) is 2.15. The van der Waals surface area contributed by atoms with Gasteiger partial charge in [0.15, 0.2) is 0 Å². The van der Waals surface area contributed by atoms with Crippen LogP contribution in [0.1, 0.15) is 24.6 Å². The first-order valence-corrected chi connectivity index (χ1v) is 8.54. The number of likely N-dealkylation sites (tertiary alicyclic amines) is 1. The second-order valence-electron chi connectivity index (χ2n) is 4.86. The molecule has 1 N–H and O–H groups in total. The van der Waals surface area contributed by atoms with E-state index in [9.17, 15) is 0 Å². The summed E-state index contributed by atoms with van der Waals surface area (Å²) in [6.07, 6.45) is 2.63. The van der Waals surface area contributed by atoms with Gasteiger partial charge in [-0.15, -0.1) is 23.7 Å². The molecule has 2 nitrogen and oxygen atoms in total. The lowest BCUT2D eigenvalue weighted by Crippen LogP contribution is -2.36. The number of rotatable bonds is 5. The van der Waals surface area contributed by atoms with Crippen LogP contribution in [0.2, 0.25) is 4.34 Å². The first-order chi connectivity index (χ1) is 8.69. The fraction of sp³-hybridized carbons (Fsp3) is 0.692. The highest BCUT2D eigenvalue weighted by molar-refractivity contribution is 9.10. The Morgan fingerprint density at radius 1 is 1.47 bits per heavy atom. The number of halogens is 3. The van der Waals surface area contributed by atoms with Crippen LogP contribution < -0.4 is 5.32 Å². The Bertz CT molecular complexity index is 359. The largest absolute Gasteiger partial charge is 0.317 e. The van der Waals surface area contributed by atoms with Gasteiger partial charge in [-0.1, -0.05) is 18.5 Å². The zero-order valence-electron chi connectivity index (χ0n) is 11.1. The van der Waals surface area contributed by atoms with Crippen molar-refractivity contribution in [2.45, 2.75) is 26.3 Å². The van der Waals surface area contributed by atoms with Gasteiger partial charge in [0.05, 0.1) is 0 Å². The van der Waals surface area contributed by atoms with Gasteiger partial charge in [0, 0.05) is 15.9 Å². The summed E-state index contributed by atoms with van der Waals surface area (Å²) < 4.78 is 1.90. The maximum Gasteiger partial charge on any atom is 0.107 e. The molecule has 1 fully saturated rings. The average Bonchev–Trinajstić information content (AvgIpc) is 2.67. The van der Waals surface area contributed by atoms with Gasteiger partial charge < -0.3 is 5.32 Å². The zero-order chi connectivity index (χ0) is 13.0. The van der Waals surface area contributed by atoms with Crippen LogP contribution in [-0.4, -0.2) is 31.1 Å². The molecule has 19 heavy (non-hydrogen) atoms. The van der Waals surface area contributed by atoms with Crippen LogP contribution in [0.4, 0.5) is 0 Å². The van der Waals surface area contributed by atoms with Crippen LogP contribution in [0.5, 0.6) is 0 Å². The molecule has 1 aliphatic rings. The lowest BCUT2D eigenvalue weighted by Gasteiger charge is -2.31. The van der Waals surface area contributed by atoms with Crippen molar-refractivity contribution >= 4 is 51.3 Å². The molecule has 6 heteroatoms. The maximum absolute atomic E-state index is 6.07. The van der Waals surface area contributed by atoms with Gasteiger partial charge >= 0.3 is 0 Å². The smallest absolute Gasteiger partial charge is 0.107 e. The van der Waals surface area contributed by atoms with Gasteiger partial charge in [-0.2, -0.15) is 0 Å². The molecule has 110 valence electrons.